The summed E-state index contributed by atoms with van der Waals surface area (Å²) in [6.07, 6.45) is 4.20. The molecule has 0 bridgehead atoms. The molecule has 0 atom stereocenters. The monoisotopic (exact) mass is 358 g/mol. The van der Waals surface area contributed by atoms with Crippen molar-refractivity contribution in [2.24, 2.45) is 0 Å². The Balaban J connectivity index is 1.76. The molecule has 1 heterocycles. The maximum absolute atomic E-state index is 10.7. The molecule has 2 aromatic carbocycles. The Hall–Kier alpha value is -2.44. The van der Waals surface area contributed by atoms with Crippen molar-refractivity contribution in [3.05, 3.63) is 60.9 Å². The van der Waals surface area contributed by atoms with Gasteiger partial charge in [-0.05, 0) is 40.1 Å². The highest BCUT2D eigenvalue weighted by Gasteiger charge is 2.08. The number of hydrogen-bond acceptors (Lipinski definition) is 3. The zero-order chi connectivity index (χ0) is 17.9. The SMILES string of the molecule is COc1ccc2cc(-c3cc[n+](CCCS(=O)(=O)O)cc3)ccc2c1. The van der Waals surface area contributed by atoms with Crippen molar-refractivity contribution in [1.29, 1.82) is 0 Å². The lowest BCUT2D eigenvalue weighted by Gasteiger charge is -2.06. The van der Waals surface area contributed by atoms with E-state index in [1.807, 2.05) is 47.3 Å². The molecule has 0 fully saturated rings. The number of fused-ring (bicyclic) bond motifs is 1. The van der Waals surface area contributed by atoms with Crippen LogP contribution in [-0.4, -0.2) is 25.8 Å². The minimum absolute atomic E-state index is 0.226. The average Bonchev–Trinajstić information content (AvgIpc) is 2.60. The Morgan fingerprint density at radius 3 is 2.32 bits per heavy atom. The Bertz CT molecular complexity index is 982. The van der Waals surface area contributed by atoms with Crippen LogP contribution >= 0.6 is 0 Å². The van der Waals surface area contributed by atoms with Crippen molar-refractivity contribution in [3.8, 4) is 16.9 Å². The van der Waals surface area contributed by atoms with Crippen molar-refractivity contribution in [2.45, 2.75) is 13.0 Å². The minimum atomic E-state index is -3.89. The van der Waals surface area contributed by atoms with E-state index in [2.05, 4.69) is 18.2 Å². The van der Waals surface area contributed by atoms with Crippen molar-refractivity contribution in [2.75, 3.05) is 12.9 Å². The maximum Gasteiger partial charge on any atom is 0.265 e. The van der Waals surface area contributed by atoms with Crippen LogP contribution in [0.3, 0.4) is 0 Å². The first-order valence-corrected chi connectivity index (χ1v) is 9.58. The van der Waals surface area contributed by atoms with Crippen LogP contribution in [0.4, 0.5) is 0 Å². The third-order valence-corrected chi connectivity index (χ3v) is 4.90. The lowest BCUT2D eigenvalue weighted by Crippen LogP contribution is -2.33. The molecule has 5 nitrogen and oxygen atoms in total. The number of benzene rings is 2. The van der Waals surface area contributed by atoms with Crippen LogP contribution in [0.5, 0.6) is 5.75 Å². The summed E-state index contributed by atoms with van der Waals surface area (Å²) in [6.45, 7) is 0.539. The highest BCUT2D eigenvalue weighted by Crippen LogP contribution is 2.26. The van der Waals surface area contributed by atoms with E-state index in [1.165, 1.54) is 0 Å². The van der Waals surface area contributed by atoms with Gasteiger partial charge in [-0.1, -0.05) is 18.2 Å². The molecule has 0 radical (unpaired) electrons. The smallest absolute Gasteiger partial charge is 0.265 e. The zero-order valence-electron chi connectivity index (χ0n) is 13.9. The molecule has 6 heteroatoms. The van der Waals surface area contributed by atoms with E-state index in [1.54, 1.807) is 7.11 Å². The number of aryl methyl sites for hydroxylation is 1. The van der Waals surface area contributed by atoms with Crippen LogP contribution in [0.2, 0.25) is 0 Å². The summed E-state index contributed by atoms with van der Waals surface area (Å²) in [6, 6.07) is 16.3. The number of hydrogen-bond donors (Lipinski definition) is 1. The van der Waals surface area contributed by atoms with Gasteiger partial charge >= 0.3 is 0 Å². The number of rotatable bonds is 6. The van der Waals surface area contributed by atoms with E-state index >= 15 is 0 Å². The van der Waals surface area contributed by atoms with Crippen molar-refractivity contribution in [3.63, 3.8) is 0 Å². The van der Waals surface area contributed by atoms with E-state index in [0.717, 1.165) is 27.6 Å². The highest BCUT2D eigenvalue weighted by molar-refractivity contribution is 7.85. The second kappa shape index (κ2) is 7.21. The van der Waals surface area contributed by atoms with E-state index in [9.17, 15) is 8.42 Å². The number of ether oxygens (including phenoxy) is 1. The van der Waals surface area contributed by atoms with Crippen LogP contribution < -0.4 is 9.30 Å². The van der Waals surface area contributed by atoms with Gasteiger partial charge in [0.05, 0.1) is 12.9 Å². The molecule has 0 saturated carbocycles. The lowest BCUT2D eigenvalue weighted by atomic mass is 10.0. The van der Waals surface area contributed by atoms with Gasteiger partial charge in [0.2, 0.25) is 0 Å². The summed E-state index contributed by atoms with van der Waals surface area (Å²) in [5.41, 5.74) is 2.20. The number of methoxy groups -OCH3 is 1. The molecule has 0 unspecified atom stereocenters. The highest BCUT2D eigenvalue weighted by atomic mass is 32.2. The van der Waals surface area contributed by atoms with Crippen LogP contribution in [0.25, 0.3) is 21.9 Å². The van der Waals surface area contributed by atoms with Gasteiger partial charge in [-0.25, -0.2) is 4.57 Å². The van der Waals surface area contributed by atoms with Gasteiger partial charge in [0, 0.05) is 18.6 Å². The molecule has 0 amide bonds. The lowest BCUT2D eigenvalue weighted by molar-refractivity contribution is -0.696. The summed E-state index contributed by atoms with van der Waals surface area (Å²) >= 11 is 0. The fraction of sp³-hybridized carbons (Fsp3) is 0.211. The van der Waals surface area contributed by atoms with Gasteiger partial charge in [0.1, 0.15) is 12.3 Å². The third kappa shape index (κ3) is 4.55. The minimum Gasteiger partial charge on any atom is -0.497 e. The standard InChI is InChI=1S/C19H19NO4S/c1-24-19-6-5-17-13-16(3-4-18(17)14-19)15-7-10-20(11-8-15)9-2-12-25(21,22)23/h3-8,10-11,13-14H,2,9,12H2,1H3/p+1. The van der Waals surface area contributed by atoms with Crippen LogP contribution in [0.15, 0.2) is 60.9 Å². The molecule has 0 saturated heterocycles. The summed E-state index contributed by atoms with van der Waals surface area (Å²) < 4.78 is 37.4. The molecule has 25 heavy (non-hydrogen) atoms. The van der Waals surface area contributed by atoms with Gasteiger partial charge in [-0.15, -0.1) is 0 Å². The molecule has 3 aromatic rings. The Morgan fingerprint density at radius 1 is 0.960 bits per heavy atom. The number of nitrogens with zero attached hydrogens (tertiary/aromatic N) is 1. The second-order valence-electron chi connectivity index (χ2n) is 5.89. The summed E-state index contributed by atoms with van der Waals surface area (Å²) in [7, 11) is -2.24. The van der Waals surface area contributed by atoms with Gasteiger partial charge in [-0.3, -0.25) is 4.55 Å². The van der Waals surface area contributed by atoms with Gasteiger partial charge in [0.15, 0.2) is 12.4 Å². The first-order chi connectivity index (χ1) is 11.9. The summed E-state index contributed by atoms with van der Waals surface area (Å²) in [5, 5.41) is 2.27. The van der Waals surface area contributed by atoms with E-state index in [-0.39, 0.29) is 5.75 Å². The Morgan fingerprint density at radius 2 is 1.64 bits per heavy atom. The summed E-state index contributed by atoms with van der Waals surface area (Å²) in [4.78, 5) is 0. The average molecular weight is 358 g/mol. The van der Waals surface area contributed by atoms with Crippen LogP contribution in [0, 0.1) is 0 Å². The van der Waals surface area contributed by atoms with Gasteiger partial charge < -0.3 is 4.74 Å². The normalized spacial score (nSPS) is 11.6. The van der Waals surface area contributed by atoms with Crippen molar-refractivity contribution >= 4 is 20.9 Å². The van der Waals surface area contributed by atoms with Crippen molar-refractivity contribution < 1.29 is 22.3 Å². The predicted molar refractivity (Wildman–Crippen MR) is 97.2 cm³/mol. The predicted octanol–water partition coefficient (Wildman–Crippen LogP) is 3.08. The quantitative estimate of drug-likeness (QED) is 0.543. The topological polar surface area (TPSA) is 67.5 Å². The van der Waals surface area contributed by atoms with Crippen molar-refractivity contribution in [1.82, 2.24) is 0 Å². The molecule has 0 aliphatic carbocycles. The molecular formula is C19H20NO4S+. The van der Waals surface area contributed by atoms with E-state index in [4.69, 9.17) is 9.29 Å². The van der Waals surface area contributed by atoms with Crippen LogP contribution in [-0.2, 0) is 16.7 Å². The van der Waals surface area contributed by atoms with E-state index in [0.29, 0.717) is 13.0 Å². The van der Waals surface area contributed by atoms with Gasteiger partial charge in [0.25, 0.3) is 10.1 Å². The van der Waals surface area contributed by atoms with E-state index < -0.39 is 10.1 Å². The molecule has 3 rings (SSSR count). The van der Waals surface area contributed by atoms with Crippen LogP contribution in [0.1, 0.15) is 6.42 Å². The largest absolute Gasteiger partial charge is 0.497 e. The Kier molecular flexibility index (Phi) is 5.01. The molecule has 1 N–H and O–H groups in total. The van der Waals surface area contributed by atoms with Gasteiger partial charge in [-0.2, -0.15) is 8.42 Å². The molecule has 0 spiro atoms. The molecule has 0 aliphatic heterocycles. The first kappa shape index (κ1) is 17.4. The summed E-state index contributed by atoms with van der Waals surface area (Å²) in [5.74, 6) is 0.612. The molecule has 0 aliphatic rings. The Labute approximate surface area is 147 Å². The fourth-order valence-corrected chi connectivity index (χ4v) is 3.25. The number of aromatic nitrogens is 1. The molecule has 1 aromatic heterocycles. The molecule has 130 valence electrons. The first-order valence-electron chi connectivity index (χ1n) is 7.97. The second-order valence-corrected chi connectivity index (χ2v) is 7.46. The maximum atomic E-state index is 10.7. The zero-order valence-corrected chi connectivity index (χ0v) is 14.7. The third-order valence-electron chi connectivity index (χ3n) is 4.09. The number of pyridine rings is 1. The fourth-order valence-electron chi connectivity index (χ4n) is 2.76. The molecular weight excluding hydrogens is 338 g/mol.